The summed E-state index contributed by atoms with van der Waals surface area (Å²) in [5.41, 5.74) is -0.587. The van der Waals surface area contributed by atoms with Gasteiger partial charge in [0.1, 0.15) is 0 Å². The third kappa shape index (κ3) is 4.61. The van der Waals surface area contributed by atoms with Gasteiger partial charge in [-0.3, -0.25) is 9.48 Å². The van der Waals surface area contributed by atoms with E-state index >= 15 is 0 Å². The lowest BCUT2D eigenvalue weighted by molar-refractivity contribution is -0.136. The molecule has 0 unspecified atom stereocenters. The Morgan fingerprint density at radius 3 is 2.68 bits per heavy atom. The van der Waals surface area contributed by atoms with Gasteiger partial charge in [-0.1, -0.05) is 13.8 Å². The summed E-state index contributed by atoms with van der Waals surface area (Å²) >= 11 is 0. The van der Waals surface area contributed by atoms with Gasteiger partial charge in [-0.15, -0.1) is 0 Å². The van der Waals surface area contributed by atoms with Crippen LogP contribution in [0.1, 0.15) is 31.5 Å². The van der Waals surface area contributed by atoms with E-state index in [0.29, 0.717) is 12.5 Å². The minimum Gasteiger partial charge on any atom is -0.467 e. The maximum Gasteiger partial charge on any atom is 0.417 e. The Kier molecular flexibility index (Phi) is 5.54. The van der Waals surface area contributed by atoms with Gasteiger partial charge in [-0.2, -0.15) is 23.3 Å². The molecule has 25 heavy (non-hydrogen) atoms. The lowest BCUT2D eigenvalue weighted by Crippen LogP contribution is -2.30. The van der Waals surface area contributed by atoms with Gasteiger partial charge in [0.25, 0.3) is 5.91 Å². The fraction of sp³-hybridized carbons (Fsp3) is 0.562. The highest BCUT2D eigenvalue weighted by atomic mass is 19.4. The molecule has 138 valence electrons. The summed E-state index contributed by atoms with van der Waals surface area (Å²) in [5.74, 6) is -0.230. The van der Waals surface area contributed by atoms with Crippen LogP contribution in [0.2, 0.25) is 0 Å². The largest absolute Gasteiger partial charge is 0.467 e. The third-order valence-corrected chi connectivity index (χ3v) is 3.65. The van der Waals surface area contributed by atoms with E-state index in [2.05, 4.69) is 15.4 Å². The molecule has 2 aromatic rings. The second-order valence-corrected chi connectivity index (χ2v) is 6.23. The molecule has 0 fully saturated rings. The van der Waals surface area contributed by atoms with Crippen molar-refractivity contribution in [2.75, 3.05) is 13.2 Å². The monoisotopic (exact) mass is 358 g/mol. The van der Waals surface area contributed by atoms with E-state index in [1.54, 1.807) is 0 Å². The fourth-order valence-corrected chi connectivity index (χ4v) is 2.41. The van der Waals surface area contributed by atoms with E-state index in [1.807, 2.05) is 13.8 Å². The summed E-state index contributed by atoms with van der Waals surface area (Å²) < 4.78 is 46.4. The quantitative estimate of drug-likeness (QED) is 0.862. The average Bonchev–Trinajstić information content (AvgIpc) is 2.78. The number of amides is 1. The number of carbonyl (C=O) groups is 1. The normalized spacial score (nSPS) is 12.0. The second-order valence-electron chi connectivity index (χ2n) is 6.23. The number of aromatic nitrogens is 3. The minimum absolute atomic E-state index is 0.0579. The number of hydrogen-bond acceptors (Lipinski definition) is 4. The van der Waals surface area contributed by atoms with Crippen molar-refractivity contribution >= 4 is 16.9 Å². The van der Waals surface area contributed by atoms with Crippen LogP contribution < -0.4 is 10.1 Å². The molecule has 2 heterocycles. The van der Waals surface area contributed by atoms with E-state index in [-0.39, 0.29) is 22.6 Å². The number of halogens is 3. The Morgan fingerprint density at radius 1 is 1.40 bits per heavy atom. The number of nitrogens with one attached hydrogen (secondary N) is 1. The van der Waals surface area contributed by atoms with Crippen molar-refractivity contribution in [2.24, 2.45) is 13.0 Å². The molecule has 0 aliphatic carbocycles. The van der Waals surface area contributed by atoms with Crippen molar-refractivity contribution < 1.29 is 22.7 Å². The molecule has 9 heteroatoms. The molecule has 0 saturated carbocycles. The molecule has 2 aromatic heterocycles. The molecule has 0 radical (unpaired) electrons. The molecule has 0 aromatic carbocycles. The van der Waals surface area contributed by atoms with Crippen LogP contribution in [-0.4, -0.2) is 33.8 Å². The number of rotatable bonds is 6. The van der Waals surface area contributed by atoms with Crippen LogP contribution >= 0.6 is 0 Å². The predicted octanol–water partition coefficient (Wildman–Crippen LogP) is 2.84. The van der Waals surface area contributed by atoms with Gasteiger partial charge >= 0.3 is 6.18 Å². The third-order valence-electron chi connectivity index (χ3n) is 3.65. The summed E-state index contributed by atoms with van der Waals surface area (Å²) in [6.45, 7) is 5.63. The van der Waals surface area contributed by atoms with Gasteiger partial charge in [0, 0.05) is 19.7 Å². The van der Waals surface area contributed by atoms with Gasteiger partial charge in [0.05, 0.1) is 16.6 Å². The zero-order valence-corrected chi connectivity index (χ0v) is 14.6. The molecular formula is C16H21F3N4O2. The van der Waals surface area contributed by atoms with Crippen LogP contribution in [0.3, 0.4) is 0 Å². The molecule has 0 spiro atoms. The number of aryl methyl sites for hydroxylation is 2. The molecule has 0 bridgehead atoms. The molecule has 0 aliphatic rings. The number of nitrogens with zero attached hydrogens (tertiary/aromatic N) is 3. The number of pyridine rings is 1. The lowest BCUT2D eigenvalue weighted by Gasteiger charge is -2.12. The Morgan fingerprint density at radius 2 is 2.08 bits per heavy atom. The topological polar surface area (TPSA) is 69.0 Å². The molecule has 1 amide bonds. The first-order valence-electron chi connectivity index (χ1n) is 7.90. The Balaban J connectivity index is 2.19. The molecule has 6 nitrogen and oxygen atoms in total. The fourth-order valence-electron chi connectivity index (χ4n) is 2.41. The summed E-state index contributed by atoms with van der Waals surface area (Å²) in [6, 6.07) is 0.804. The maximum atomic E-state index is 13.3. The highest BCUT2D eigenvalue weighted by Gasteiger charge is 2.35. The van der Waals surface area contributed by atoms with Crippen molar-refractivity contribution in [3.8, 4) is 5.88 Å². The van der Waals surface area contributed by atoms with Crippen LogP contribution in [0.15, 0.2) is 6.07 Å². The molecular weight excluding hydrogens is 337 g/mol. The zero-order valence-electron chi connectivity index (χ0n) is 14.6. The minimum atomic E-state index is -4.58. The first-order valence-corrected chi connectivity index (χ1v) is 7.90. The van der Waals surface area contributed by atoms with Gasteiger partial charge in [0.2, 0.25) is 5.88 Å². The van der Waals surface area contributed by atoms with E-state index in [1.165, 1.54) is 18.7 Å². The van der Waals surface area contributed by atoms with Crippen LogP contribution in [0.25, 0.3) is 11.0 Å². The molecule has 1 N–H and O–H groups in total. The lowest BCUT2D eigenvalue weighted by atomic mass is 10.1. The number of alkyl halides is 3. The second kappa shape index (κ2) is 7.28. The summed E-state index contributed by atoms with van der Waals surface area (Å²) in [7, 11) is 1.50. The van der Waals surface area contributed by atoms with Crippen molar-refractivity contribution in [1.29, 1.82) is 0 Å². The van der Waals surface area contributed by atoms with Crippen LogP contribution in [-0.2, 0) is 18.0 Å². The summed E-state index contributed by atoms with van der Waals surface area (Å²) in [5, 5.41) is 6.56. The smallest absolute Gasteiger partial charge is 0.417 e. The van der Waals surface area contributed by atoms with E-state index < -0.39 is 24.3 Å². The van der Waals surface area contributed by atoms with Crippen molar-refractivity contribution in [1.82, 2.24) is 20.1 Å². The van der Waals surface area contributed by atoms with Crippen LogP contribution in [0.5, 0.6) is 5.88 Å². The van der Waals surface area contributed by atoms with Crippen molar-refractivity contribution in [2.45, 2.75) is 33.4 Å². The highest BCUT2D eigenvalue weighted by Crippen LogP contribution is 2.37. The standard InChI is InChI=1S/C16H21F3N4O2/c1-9(2)5-6-20-12(24)8-25-13-7-11(16(17,18)19)14-10(3)22-23(4)15(14)21-13/h7,9H,5-6,8H2,1-4H3,(H,20,24). The van der Waals surface area contributed by atoms with Gasteiger partial charge in [-0.25, -0.2) is 0 Å². The number of ether oxygens (including phenoxy) is 1. The van der Waals surface area contributed by atoms with E-state index in [0.717, 1.165) is 12.5 Å². The van der Waals surface area contributed by atoms with Gasteiger partial charge in [-0.05, 0) is 19.3 Å². The van der Waals surface area contributed by atoms with Crippen molar-refractivity contribution in [3.05, 3.63) is 17.3 Å². The van der Waals surface area contributed by atoms with Crippen molar-refractivity contribution in [3.63, 3.8) is 0 Å². The SMILES string of the molecule is Cc1nn(C)c2nc(OCC(=O)NCCC(C)C)cc(C(F)(F)F)c12. The summed E-state index contributed by atoms with van der Waals surface area (Å²) in [6.07, 6.45) is -3.77. The zero-order chi connectivity index (χ0) is 18.8. The molecule has 2 rings (SSSR count). The Hall–Kier alpha value is -2.32. The molecule has 0 saturated heterocycles. The number of hydrogen-bond donors (Lipinski definition) is 1. The predicted molar refractivity (Wildman–Crippen MR) is 86.2 cm³/mol. The molecule has 0 atom stereocenters. The highest BCUT2D eigenvalue weighted by molar-refractivity contribution is 5.83. The number of fused-ring (bicyclic) bond motifs is 1. The first kappa shape index (κ1) is 19.0. The summed E-state index contributed by atoms with van der Waals surface area (Å²) in [4.78, 5) is 15.8. The van der Waals surface area contributed by atoms with Crippen LogP contribution in [0, 0.1) is 12.8 Å². The molecule has 0 aliphatic heterocycles. The van der Waals surface area contributed by atoms with E-state index in [9.17, 15) is 18.0 Å². The average molecular weight is 358 g/mol. The maximum absolute atomic E-state index is 13.3. The Bertz CT molecular complexity index is 769. The first-order chi connectivity index (χ1) is 11.6. The number of carbonyl (C=O) groups excluding carboxylic acids is 1. The van der Waals surface area contributed by atoms with Gasteiger partial charge in [0.15, 0.2) is 12.3 Å². The van der Waals surface area contributed by atoms with E-state index in [4.69, 9.17) is 4.74 Å². The van der Waals surface area contributed by atoms with Crippen LogP contribution in [0.4, 0.5) is 13.2 Å². The Labute approximate surface area is 143 Å². The van der Waals surface area contributed by atoms with Gasteiger partial charge < -0.3 is 10.1 Å².